The van der Waals surface area contributed by atoms with Crippen LogP contribution in [0.2, 0.25) is 5.28 Å². The van der Waals surface area contributed by atoms with Crippen molar-refractivity contribution >= 4 is 34.7 Å². The zero-order valence-electron chi connectivity index (χ0n) is 9.59. The maximum Gasteiger partial charge on any atom is 0.319 e. The first-order valence-corrected chi connectivity index (χ1v) is 6.26. The predicted molar refractivity (Wildman–Crippen MR) is 70.9 cm³/mol. The maximum atomic E-state index is 10.9. The third-order valence-electron chi connectivity index (χ3n) is 2.17. The van der Waals surface area contributed by atoms with Crippen LogP contribution in [-0.2, 0) is 0 Å². The lowest BCUT2D eigenvalue weighted by Crippen LogP contribution is -1.96. The zero-order chi connectivity index (χ0) is 14.7. The molecule has 2 rings (SSSR count). The van der Waals surface area contributed by atoms with Gasteiger partial charge in [-0.15, -0.1) is 0 Å². The van der Waals surface area contributed by atoms with Crippen molar-refractivity contribution in [1.29, 1.82) is 0 Å². The normalized spacial score (nSPS) is 10.2. The summed E-state index contributed by atoms with van der Waals surface area (Å²) < 4.78 is 0. The summed E-state index contributed by atoms with van der Waals surface area (Å²) >= 11 is 6.39. The second-order valence-corrected chi connectivity index (χ2v) is 4.78. The second-order valence-electron chi connectivity index (χ2n) is 3.41. The van der Waals surface area contributed by atoms with Crippen LogP contribution in [0.25, 0.3) is 0 Å². The van der Waals surface area contributed by atoms with Gasteiger partial charge in [-0.3, -0.25) is 20.2 Å². The van der Waals surface area contributed by atoms with Crippen molar-refractivity contribution in [2.24, 2.45) is 0 Å². The van der Waals surface area contributed by atoms with Crippen LogP contribution in [0.15, 0.2) is 40.4 Å². The Morgan fingerprint density at radius 1 is 1.10 bits per heavy atom. The van der Waals surface area contributed by atoms with E-state index in [1.54, 1.807) is 6.07 Å². The molecule has 0 aliphatic heterocycles. The Morgan fingerprint density at radius 3 is 2.40 bits per heavy atom. The van der Waals surface area contributed by atoms with Gasteiger partial charge >= 0.3 is 5.69 Å². The number of nitrogens with zero attached hydrogens (tertiary/aromatic N) is 4. The number of hydrogen-bond acceptors (Lipinski definition) is 7. The highest BCUT2D eigenvalue weighted by atomic mass is 35.5. The molecule has 102 valence electrons. The highest BCUT2D eigenvalue weighted by Gasteiger charge is 2.22. The van der Waals surface area contributed by atoms with Crippen LogP contribution in [0.1, 0.15) is 0 Å². The first-order chi connectivity index (χ1) is 9.49. The number of nitro groups is 2. The topological polar surface area (TPSA) is 112 Å². The first-order valence-electron chi connectivity index (χ1n) is 5.07. The molecule has 0 unspecified atom stereocenters. The van der Waals surface area contributed by atoms with Crippen LogP contribution in [0, 0.1) is 20.2 Å². The summed E-state index contributed by atoms with van der Waals surface area (Å²) in [6.07, 6.45) is 0.965. The van der Waals surface area contributed by atoms with Crippen LogP contribution < -0.4 is 0 Å². The molecule has 10 heteroatoms. The molecular formula is C10H5ClN4O4S. The summed E-state index contributed by atoms with van der Waals surface area (Å²) in [4.78, 5) is 28.0. The molecule has 0 atom stereocenters. The van der Waals surface area contributed by atoms with Gasteiger partial charge in [0, 0.05) is 6.07 Å². The quantitative estimate of drug-likeness (QED) is 0.369. The Hall–Kier alpha value is -2.26. The second kappa shape index (κ2) is 5.80. The van der Waals surface area contributed by atoms with Crippen LogP contribution >= 0.6 is 23.4 Å². The van der Waals surface area contributed by atoms with Gasteiger partial charge in [0.15, 0.2) is 5.03 Å². The molecule has 8 nitrogen and oxygen atoms in total. The van der Waals surface area contributed by atoms with Gasteiger partial charge in [0.25, 0.3) is 5.69 Å². The van der Waals surface area contributed by atoms with Gasteiger partial charge < -0.3 is 0 Å². The van der Waals surface area contributed by atoms with Crippen molar-refractivity contribution in [2.45, 2.75) is 9.92 Å². The van der Waals surface area contributed by atoms with Gasteiger partial charge in [-0.2, -0.15) is 0 Å². The van der Waals surface area contributed by atoms with E-state index >= 15 is 0 Å². The Labute approximate surface area is 121 Å². The third kappa shape index (κ3) is 3.00. The Morgan fingerprint density at radius 2 is 1.75 bits per heavy atom. The summed E-state index contributed by atoms with van der Waals surface area (Å²) in [6.45, 7) is 0. The summed E-state index contributed by atoms with van der Waals surface area (Å²) in [7, 11) is 0. The van der Waals surface area contributed by atoms with Gasteiger partial charge in [-0.05, 0) is 17.7 Å². The number of halogens is 1. The number of hydrogen-bond donors (Lipinski definition) is 0. The molecule has 0 amide bonds. The fraction of sp³-hybridized carbons (Fsp3) is 0. The Balaban J connectivity index is 2.47. The minimum absolute atomic E-state index is 0.0516. The Bertz CT molecular complexity index is 697. The molecule has 20 heavy (non-hydrogen) atoms. The first kappa shape index (κ1) is 14.2. The smallest absolute Gasteiger partial charge is 0.258 e. The van der Waals surface area contributed by atoms with Crippen molar-refractivity contribution < 1.29 is 9.85 Å². The minimum atomic E-state index is -0.673. The number of nitro benzene ring substituents is 1. The van der Waals surface area contributed by atoms with E-state index in [1.165, 1.54) is 18.2 Å². The molecule has 0 N–H and O–H groups in total. The van der Waals surface area contributed by atoms with Crippen LogP contribution in [-0.4, -0.2) is 19.8 Å². The van der Waals surface area contributed by atoms with Gasteiger partial charge in [-0.25, -0.2) is 9.97 Å². The molecule has 1 heterocycles. The van der Waals surface area contributed by atoms with E-state index in [-0.39, 0.29) is 26.6 Å². The average Bonchev–Trinajstić information content (AvgIpc) is 2.38. The lowest BCUT2D eigenvalue weighted by atomic mass is 10.3. The van der Waals surface area contributed by atoms with Gasteiger partial charge in [0.1, 0.15) is 6.20 Å². The molecule has 0 radical (unpaired) electrons. The lowest BCUT2D eigenvalue weighted by Gasteiger charge is -2.03. The molecule has 0 saturated heterocycles. The van der Waals surface area contributed by atoms with E-state index in [2.05, 4.69) is 9.97 Å². The van der Waals surface area contributed by atoms with E-state index in [0.29, 0.717) is 0 Å². The molecule has 0 bridgehead atoms. The highest BCUT2D eigenvalue weighted by molar-refractivity contribution is 7.99. The minimum Gasteiger partial charge on any atom is -0.258 e. The average molecular weight is 313 g/mol. The zero-order valence-corrected chi connectivity index (χ0v) is 11.2. The molecule has 0 saturated carbocycles. The fourth-order valence-electron chi connectivity index (χ4n) is 1.34. The largest absolute Gasteiger partial charge is 0.319 e. The predicted octanol–water partition coefficient (Wildman–Crippen LogP) is 3.10. The summed E-state index contributed by atoms with van der Waals surface area (Å²) in [6, 6.07) is 5.87. The van der Waals surface area contributed by atoms with Crippen LogP contribution in [0.4, 0.5) is 11.4 Å². The van der Waals surface area contributed by atoms with Gasteiger partial charge in [0.05, 0.1) is 14.7 Å². The summed E-state index contributed by atoms with van der Waals surface area (Å²) in [5.41, 5.74) is -0.529. The summed E-state index contributed by atoms with van der Waals surface area (Å²) in [5.74, 6) is 0. The van der Waals surface area contributed by atoms with Crippen molar-refractivity contribution in [3.63, 3.8) is 0 Å². The third-order valence-corrected chi connectivity index (χ3v) is 3.41. The van der Waals surface area contributed by atoms with E-state index in [0.717, 1.165) is 18.0 Å². The molecule has 0 aliphatic carbocycles. The van der Waals surface area contributed by atoms with E-state index in [4.69, 9.17) is 11.6 Å². The molecule has 0 fully saturated rings. The maximum absolute atomic E-state index is 10.9. The number of aromatic nitrogens is 2. The monoisotopic (exact) mass is 312 g/mol. The molecule has 0 spiro atoms. The van der Waals surface area contributed by atoms with Crippen molar-refractivity contribution in [1.82, 2.24) is 9.97 Å². The molecule has 1 aromatic heterocycles. The van der Waals surface area contributed by atoms with Crippen LogP contribution in [0.3, 0.4) is 0 Å². The van der Waals surface area contributed by atoms with E-state index < -0.39 is 9.85 Å². The fourth-order valence-corrected chi connectivity index (χ4v) is 2.49. The van der Waals surface area contributed by atoms with E-state index in [1.807, 2.05) is 0 Å². The molecular weight excluding hydrogens is 308 g/mol. The van der Waals surface area contributed by atoms with Crippen molar-refractivity contribution in [2.75, 3.05) is 0 Å². The van der Waals surface area contributed by atoms with Crippen molar-refractivity contribution in [3.8, 4) is 0 Å². The van der Waals surface area contributed by atoms with Gasteiger partial charge in [0.2, 0.25) is 5.28 Å². The molecule has 1 aromatic carbocycles. The number of rotatable bonds is 4. The van der Waals surface area contributed by atoms with Crippen molar-refractivity contribution in [3.05, 3.63) is 56.0 Å². The summed E-state index contributed by atoms with van der Waals surface area (Å²) in [5, 5.41) is 21.6. The van der Waals surface area contributed by atoms with Gasteiger partial charge in [-0.1, -0.05) is 23.9 Å². The lowest BCUT2D eigenvalue weighted by molar-refractivity contribution is -0.388. The molecule has 2 aromatic rings. The number of benzene rings is 1. The number of para-hydroxylation sites is 1. The standard InChI is InChI=1S/C10H5ClN4O4S/c11-10-12-5-7(15(18)19)9(13-10)20-8-4-2-1-3-6(8)14(16)17/h1-5H. The SMILES string of the molecule is O=[N+]([O-])c1ccccc1Sc1nc(Cl)ncc1[N+](=O)[O-]. The van der Waals surface area contributed by atoms with Crippen LogP contribution in [0.5, 0.6) is 0 Å². The van der Waals surface area contributed by atoms with E-state index in [9.17, 15) is 20.2 Å². The molecule has 0 aliphatic rings. The highest BCUT2D eigenvalue weighted by Crippen LogP contribution is 2.37. The Kier molecular flexibility index (Phi) is 4.11.